The van der Waals surface area contributed by atoms with Gasteiger partial charge < -0.3 is 14.2 Å². The summed E-state index contributed by atoms with van der Waals surface area (Å²) in [4.78, 5) is 27.7. The topological polar surface area (TPSA) is 112 Å². The van der Waals surface area contributed by atoms with Crippen LogP contribution in [0.4, 0.5) is 0 Å². The number of esters is 1. The van der Waals surface area contributed by atoms with Gasteiger partial charge in [0, 0.05) is 29.5 Å². The fourth-order valence-corrected chi connectivity index (χ4v) is 6.83. The van der Waals surface area contributed by atoms with Gasteiger partial charge in [-0.1, -0.05) is 24.4 Å². The Morgan fingerprint density at radius 2 is 1.85 bits per heavy atom. The number of ether oxygens (including phenoxy) is 1. The van der Waals surface area contributed by atoms with Crippen molar-refractivity contribution in [2.24, 2.45) is 0 Å². The summed E-state index contributed by atoms with van der Waals surface area (Å²) in [5.74, 6) is 0.402. The second-order valence-electron chi connectivity index (χ2n) is 9.14. The molecule has 180 valence electrons. The Hall–Kier alpha value is -2.62. The molecule has 0 spiro atoms. The van der Waals surface area contributed by atoms with Crippen LogP contribution in [0.25, 0.3) is 5.82 Å². The lowest BCUT2D eigenvalue weighted by Gasteiger charge is -2.38. The fourth-order valence-electron chi connectivity index (χ4n) is 5.12. The van der Waals surface area contributed by atoms with E-state index >= 15 is 0 Å². The minimum absolute atomic E-state index is 0.00345. The Morgan fingerprint density at radius 1 is 1.12 bits per heavy atom. The van der Waals surface area contributed by atoms with Crippen molar-refractivity contribution in [3.05, 3.63) is 34.8 Å². The van der Waals surface area contributed by atoms with Gasteiger partial charge in [0.1, 0.15) is 5.76 Å². The van der Waals surface area contributed by atoms with Crippen molar-refractivity contribution in [1.82, 2.24) is 14.6 Å². The van der Waals surface area contributed by atoms with E-state index in [9.17, 15) is 18.0 Å². The third-order valence-corrected chi connectivity index (χ3v) is 8.43. The highest BCUT2D eigenvalue weighted by Gasteiger charge is 2.38. The zero-order valence-corrected chi connectivity index (χ0v) is 20.2. The Bertz CT molecular complexity index is 1140. The van der Waals surface area contributed by atoms with Crippen LogP contribution in [0.2, 0.25) is 0 Å². The third kappa shape index (κ3) is 5.00. The molecule has 1 aliphatic carbocycles. The molecule has 9 nitrogen and oxygen atoms in total. The smallest absolute Gasteiger partial charge is 0.340 e. The van der Waals surface area contributed by atoms with Gasteiger partial charge in [-0.3, -0.25) is 9.36 Å². The Kier molecular flexibility index (Phi) is 6.65. The summed E-state index contributed by atoms with van der Waals surface area (Å²) in [5.41, 5.74) is 1.79. The van der Waals surface area contributed by atoms with Gasteiger partial charge in [0.05, 0.1) is 17.1 Å². The first-order chi connectivity index (χ1) is 15.7. The lowest BCUT2D eigenvalue weighted by atomic mass is 9.93. The fraction of sp³-hybridized carbons (Fsp3) is 0.609. The maximum Gasteiger partial charge on any atom is 0.340 e. The first kappa shape index (κ1) is 23.5. The van der Waals surface area contributed by atoms with Gasteiger partial charge in [-0.15, -0.1) is 0 Å². The molecule has 2 aromatic heterocycles. The van der Waals surface area contributed by atoms with Crippen LogP contribution in [0, 0.1) is 20.8 Å². The van der Waals surface area contributed by atoms with Crippen molar-refractivity contribution >= 4 is 21.7 Å². The molecule has 1 saturated carbocycles. The van der Waals surface area contributed by atoms with Crippen LogP contribution in [0.5, 0.6) is 0 Å². The molecule has 4 rings (SSSR count). The SMILES string of the molecule is Cc1cc(-n2c(C)cc(C(=O)OCC(=O)N(C3CCCCC3)C3CCS(=O)(=O)C3)c2C)no1. The number of sulfone groups is 1. The second kappa shape index (κ2) is 9.32. The quantitative estimate of drug-likeness (QED) is 0.588. The van der Waals surface area contributed by atoms with E-state index in [4.69, 9.17) is 9.26 Å². The van der Waals surface area contributed by atoms with Crippen molar-refractivity contribution in [1.29, 1.82) is 0 Å². The van der Waals surface area contributed by atoms with Gasteiger partial charge in [0.2, 0.25) is 0 Å². The van der Waals surface area contributed by atoms with Gasteiger partial charge in [-0.25, -0.2) is 13.2 Å². The number of nitrogens with zero attached hydrogens (tertiary/aromatic N) is 3. The summed E-state index contributed by atoms with van der Waals surface area (Å²) >= 11 is 0. The lowest BCUT2D eigenvalue weighted by Crippen LogP contribution is -2.50. The van der Waals surface area contributed by atoms with Crippen LogP contribution in [0.3, 0.4) is 0 Å². The van der Waals surface area contributed by atoms with Crippen molar-refractivity contribution in [3.8, 4) is 5.82 Å². The maximum atomic E-state index is 13.2. The van der Waals surface area contributed by atoms with Gasteiger partial charge in [-0.05, 0) is 46.1 Å². The minimum Gasteiger partial charge on any atom is -0.452 e. The van der Waals surface area contributed by atoms with E-state index in [1.165, 1.54) is 0 Å². The minimum atomic E-state index is -3.14. The first-order valence-corrected chi connectivity index (χ1v) is 13.3. The average Bonchev–Trinajstić information content (AvgIpc) is 3.44. The van der Waals surface area contributed by atoms with Crippen molar-refractivity contribution in [2.75, 3.05) is 18.1 Å². The summed E-state index contributed by atoms with van der Waals surface area (Å²) in [5, 5.41) is 4.01. The van der Waals surface area contributed by atoms with Crippen molar-refractivity contribution in [2.45, 2.75) is 71.4 Å². The number of aromatic nitrogens is 2. The third-order valence-electron chi connectivity index (χ3n) is 6.68. The van der Waals surface area contributed by atoms with E-state index < -0.39 is 22.4 Å². The highest BCUT2D eigenvalue weighted by molar-refractivity contribution is 7.91. The predicted octanol–water partition coefficient (Wildman–Crippen LogP) is 2.90. The highest BCUT2D eigenvalue weighted by atomic mass is 32.2. The molecule has 3 heterocycles. The number of carbonyl (C=O) groups excluding carboxylic acids is 2. The number of carbonyl (C=O) groups is 2. The molecule has 1 saturated heterocycles. The monoisotopic (exact) mass is 477 g/mol. The molecule has 0 radical (unpaired) electrons. The number of rotatable bonds is 6. The molecule has 1 atom stereocenters. The molecule has 1 aliphatic heterocycles. The normalized spacial score (nSPS) is 20.6. The molecular weight excluding hydrogens is 446 g/mol. The average molecular weight is 478 g/mol. The van der Waals surface area contributed by atoms with Gasteiger partial charge in [0.25, 0.3) is 5.91 Å². The summed E-state index contributed by atoms with van der Waals surface area (Å²) in [6, 6.07) is 3.14. The highest BCUT2D eigenvalue weighted by Crippen LogP contribution is 2.29. The number of hydrogen-bond donors (Lipinski definition) is 0. The summed E-state index contributed by atoms with van der Waals surface area (Å²) in [7, 11) is -3.14. The van der Waals surface area contributed by atoms with Crippen molar-refractivity contribution < 1.29 is 27.3 Å². The van der Waals surface area contributed by atoms with Crippen molar-refractivity contribution in [3.63, 3.8) is 0 Å². The molecule has 10 heteroatoms. The maximum absolute atomic E-state index is 13.2. The van der Waals surface area contributed by atoms with Crippen LogP contribution in [0.1, 0.15) is 66.0 Å². The van der Waals surface area contributed by atoms with E-state index in [0.29, 0.717) is 29.3 Å². The van der Waals surface area contributed by atoms with E-state index in [2.05, 4.69) is 5.16 Å². The molecular formula is C23H31N3O6S. The van der Waals surface area contributed by atoms with Crippen LogP contribution >= 0.6 is 0 Å². The molecule has 2 aliphatic rings. The van der Waals surface area contributed by atoms with E-state index in [1.54, 1.807) is 35.4 Å². The van der Waals surface area contributed by atoms with Crippen LogP contribution in [0.15, 0.2) is 16.7 Å². The standard InChI is InChI=1S/C23H31N3O6S/c1-15-11-20(17(3)25(15)21-12-16(2)32-24-21)23(28)31-13-22(27)26(18-7-5-4-6-8-18)19-9-10-33(29,30)14-19/h11-12,18-19H,4-10,13-14H2,1-3H3. The molecule has 0 bridgehead atoms. The molecule has 0 aromatic carbocycles. The first-order valence-electron chi connectivity index (χ1n) is 11.5. The molecule has 2 fully saturated rings. The molecule has 2 aromatic rings. The largest absolute Gasteiger partial charge is 0.452 e. The summed E-state index contributed by atoms with van der Waals surface area (Å²) in [6.07, 6.45) is 5.30. The Balaban J connectivity index is 1.48. The predicted molar refractivity (Wildman–Crippen MR) is 121 cm³/mol. The van der Waals surface area contributed by atoms with Crippen LogP contribution in [-0.4, -0.2) is 65.1 Å². The molecule has 1 amide bonds. The second-order valence-corrected chi connectivity index (χ2v) is 11.4. The van der Waals surface area contributed by atoms with E-state index in [0.717, 1.165) is 37.8 Å². The lowest BCUT2D eigenvalue weighted by molar-refractivity contribution is -0.140. The van der Waals surface area contributed by atoms with E-state index in [-0.39, 0.29) is 29.5 Å². The summed E-state index contributed by atoms with van der Waals surface area (Å²) < 4.78 is 36.5. The number of aryl methyl sites for hydroxylation is 2. The zero-order valence-electron chi connectivity index (χ0n) is 19.4. The number of hydrogen-bond acceptors (Lipinski definition) is 7. The van der Waals surface area contributed by atoms with Gasteiger partial charge in [0.15, 0.2) is 22.3 Å². The summed E-state index contributed by atoms with van der Waals surface area (Å²) in [6.45, 7) is 5.02. The molecule has 1 unspecified atom stereocenters. The van der Waals surface area contributed by atoms with Crippen LogP contribution < -0.4 is 0 Å². The number of amides is 1. The Morgan fingerprint density at radius 3 is 2.45 bits per heavy atom. The molecule has 33 heavy (non-hydrogen) atoms. The van der Waals surface area contributed by atoms with Gasteiger partial charge in [-0.2, -0.15) is 0 Å². The van der Waals surface area contributed by atoms with E-state index in [1.807, 2.05) is 6.92 Å². The molecule has 0 N–H and O–H groups in total. The zero-order chi connectivity index (χ0) is 23.8. The Labute approximate surface area is 194 Å². The van der Waals surface area contributed by atoms with Gasteiger partial charge >= 0.3 is 5.97 Å². The van der Waals surface area contributed by atoms with Crippen LogP contribution in [-0.2, 0) is 19.4 Å².